The number of Topliss-reactive ketones (excluding diaryl/α,β-unsaturated/α-hetero) is 1. The van der Waals surface area contributed by atoms with Crippen molar-refractivity contribution in [2.24, 2.45) is 0 Å². The molecule has 0 aliphatic carbocycles. The van der Waals surface area contributed by atoms with Crippen LogP contribution in [-0.4, -0.2) is 38.7 Å². The molecule has 0 aliphatic rings. The van der Waals surface area contributed by atoms with Crippen LogP contribution in [0.3, 0.4) is 0 Å². The monoisotopic (exact) mass is 780 g/mol. The summed E-state index contributed by atoms with van der Waals surface area (Å²) in [6.07, 6.45) is 1.83. The fraction of sp³-hybridized carbons (Fsp3) is 0.289. The molecule has 5 nitrogen and oxygen atoms in total. The molecule has 0 fully saturated rings. The molecule has 0 radical (unpaired) electrons. The third-order valence-electron chi connectivity index (χ3n) is 7.90. The maximum Gasteiger partial charge on any atom is 2.00 e. The van der Waals surface area contributed by atoms with E-state index in [0.717, 1.165) is 11.3 Å². The Morgan fingerprint density at radius 2 is 1.29 bits per heavy atom. The molecule has 0 spiro atoms. The van der Waals surface area contributed by atoms with Crippen LogP contribution in [0.2, 0.25) is 0 Å². The largest absolute Gasteiger partial charge is 2.00 e. The van der Waals surface area contributed by atoms with Crippen LogP contribution < -0.4 is 16.4 Å². The summed E-state index contributed by atoms with van der Waals surface area (Å²) < 4.78 is 1.90. The number of nitrogens with zero attached hydrogens (tertiary/aromatic N) is 3. The van der Waals surface area contributed by atoms with Gasteiger partial charge in [-0.3, -0.25) is 4.79 Å². The number of hydrogen-bond acceptors (Lipinski definition) is 4. The van der Waals surface area contributed by atoms with Gasteiger partial charge in [0.1, 0.15) is 11.5 Å². The number of aromatic nitrogens is 3. The normalized spacial score (nSPS) is 11.2. The Labute approximate surface area is 283 Å². The van der Waals surface area contributed by atoms with Gasteiger partial charge in [-0.2, -0.15) is 0 Å². The molecule has 0 saturated heterocycles. The summed E-state index contributed by atoms with van der Waals surface area (Å²) in [5.74, 6) is 0.0370. The Morgan fingerprint density at radius 3 is 1.71 bits per heavy atom. The number of ketones is 1. The fourth-order valence-electron chi connectivity index (χ4n) is 6.31. The van der Waals surface area contributed by atoms with Gasteiger partial charge in [0, 0.05) is 12.0 Å². The second-order valence-electron chi connectivity index (χ2n) is 12.2. The number of hydrogen-bond donors (Lipinski definition) is 1. The average molecular weight is 781 g/mol. The molecule has 7 heteroatoms. The van der Waals surface area contributed by atoms with Gasteiger partial charge in [-0.05, 0) is 61.0 Å². The van der Waals surface area contributed by atoms with Crippen LogP contribution in [0.5, 0.6) is 0 Å². The zero-order valence-corrected chi connectivity index (χ0v) is 29.9. The molecular weight excluding hydrogens is 736 g/mol. The molecule has 0 saturated carbocycles. The molecule has 1 N–H and O–H groups in total. The van der Waals surface area contributed by atoms with Crippen molar-refractivity contribution >= 4 is 28.9 Å². The molecule has 1 heterocycles. The van der Waals surface area contributed by atoms with E-state index in [1.807, 2.05) is 16.9 Å². The second-order valence-corrected chi connectivity index (χ2v) is 12.2. The summed E-state index contributed by atoms with van der Waals surface area (Å²) >= 11 is 0. The van der Waals surface area contributed by atoms with Crippen LogP contribution in [0.4, 0.5) is 0 Å². The summed E-state index contributed by atoms with van der Waals surface area (Å²) in [5, 5.41) is 17.3. The zero-order chi connectivity index (χ0) is 32.0. The van der Waals surface area contributed by atoms with Crippen LogP contribution in [0.1, 0.15) is 59.2 Å². The van der Waals surface area contributed by atoms with Gasteiger partial charge in [0.05, 0.1) is 18.8 Å². The third kappa shape index (κ3) is 9.45. The topological polar surface area (TPSA) is 68.0 Å². The Bertz CT molecular complexity index is 1630. The summed E-state index contributed by atoms with van der Waals surface area (Å²) in [7, 11) is 0. The summed E-state index contributed by atoms with van der Waals surface area (Å²) in [5.41, 5.74) is 15.3. The van der Waals surface area contributed by atoms with Gasteiger partial charge in [0.25, 0.3) is 0 Å². The molecule has 1 unspecified atom stereocenters. The van der Waals surface area contributed by atoms with Crippen molar-refractivity contribution in [2.45, 2.75) is 74.5 Å². The van der Waals surface area contributed by atoms with Gasteiger partial charge < -0.3 is 5.11 Å². The van der Waals surface area contributed by atoms with Gasteiger partial charge in [0.15, 0.2) is 0 Å². The van der Waals surface area contributed by atoms with Gasteiger partial charge in [-0.15, -0.1) is 5.10 Å². The van der Waals surface area contributed by atoms with Crippen molar-refractivity contribution < 1.29 is 31.0 Å². The SMILES string of the molecule is CC(=O)CC(C)O.Cc1cc(C)c(B(c2ccc(-c3cn(Cc4ccccc4)nn3)cc2)c2c(C)cc(C)cc2C)c(C)c1.[Pt+2]. The third-order valence-corrected chi connectivity index (χ3v) is 7.90. The quantitative estimate of drug-likeness (QED) is 0.205. The molecular formula is C38H44BN3O2Pt+2. The minimum atomic E-state index is -0.475. The number of rotatable bonds is 8. The number of carbonyl (C=O) groups excluding carboxylic acids is 1. The standard InChI is InChI=1S/C33H34BN3.C5H10O2.Pt/c1-22-16-24(3)32(25(4)17-22)34(33-26(5)18-23(2)19-27(33)6)30-14-12-29(13-15-30)31-21-37(36-35-31)20-28-10-8-7-9-11-28;1-4(6)3-5(2)7;/h7-19,21H,20H2,1-6H3;4,6H,3H2,1-2H3;/q;;+2. The summed E-state index contributed by atoms with van der Waals surface area (Å²) in [4.78, 5) is 10.1. The van der Waals surface area contributed by atoms with E-state index in [4.69, 9.17) is 5.11 Å². The van der Waals surface area contributed by atoms with Crippen LogP contribution in [0.15, 0.2) is 85.1 Å². The van der Waals surface area contributed by atoms with Crippen molar-refractivity contribution in [3.63, 3.8) is 0 Å². The summed E-state index contributed by atoms with van der Waals surface area (Å²) in [6.45, 7) is 17.3. The van der Waals surface area contributed by atoms with Crippen LogP contribution in [0, 0.1) is 41.5 Å². The van der Waals surface area contributed by atoms with E-state index >= 15 is 0 Å². The predicted octanol–water partition coefficient (Wildman–Crippen LogP) is 5.70. The van der Waals surface area contributed by atoms with Crippen molar-refractivity contribution in [1.29, 1.82) is 0 Å². The molecule has 234 valence electrons. The minimum absolute atomic E-state index is 0. The Morgan fingerprint density at radius 1 is 0.800 bits per heavy atom. The van der Waals surface area contributed by atoms with Gasteiger partial charge >= 0.3 is 21.1 Å². The maximum atomic E-state index is 10.1. The Hall–Kier alpha value is -3.60. The smallest absolute Gasteiger partial charge is 0.393 e. The molecule has 4 aromatic carbocycles. The first-order valence-electron chi connectivity index (χ1n) is 15.3. The van der Waals surface area contributed by atoms with Gasteiger partial charge in [-0.25, -0.2) is 4.68 Å². The fourth-order valence-corrected chi connectivity index (χ4v) is 6.31. The van der Waals surface area contributed by atoms with Crippen LogP contribution >= 0.6 is 0 Å². The number of aliphatic hydroxyl groups excluding tert-OH is 1. The first-order valence-corrected chi connectivity index (χ1v) is 15.3. The van der Waals surface area contributed by atoms with E-state index in [-0.39, 0.29) is 40.0 Å². The van der Waals surface area contributed by atoms with Crippen LogP contribution in [-0.2, 0) is 32.4 Å². The minimum Gasteiger partial charge on any atom is -0.393 e. The molecule has 5 rings (SSSR count). The maximum absolute atomic E-state index is 10.1. The summed E-state index contributed by atoms with van der Waals surface area (Å²) in [6, 6.07) is 28.5. The second kappa shape index (κ2) is 16.1. The molecule has 1 atom stereocenters. The Balaban J connectivity index is 0.000000621. The predicted molar refractivity (Wildman–Crippen MR) is 184 cm³/mol. The molecule has 0 aliphatic heterocycles. The molecule has 5 aromatic rings. The van der Waals surface area contributed by atoms with Gasteiger partial charge in [0.2, 0.25) is 6.71 Å². The number of carbonyl (C=O) groups is 1. The van der Waals surface area contributed by atoms with Crippen molar-refractivity contribution in [2.75, 3.05) is 0 Å². The van der Waals surface area contributed by atoms with Crippen molar-refractivity contribution in [3.8, 4) is 11.3 Å². The first-order chi connectivity index (χ1) is 20.9. The van der Waals surface area contributed by atoms with E-state index in [9.17, 15) is 4.79 Å². The van der Waals surface area contributed by atoms with Crippen LogP contribution in [0.25, 0.3) is 11.3 Å². The zero-order valence-electron chi connectivity index (χ0n) is 27.7. The molecule has 0 amide bonds. The number of benzene rings is 4. The number of aryl methyl sites for hydroxylation is 6. The van der Waals surface area contributed by atoms with Crippen molar-refractivity contribution in [1.82, 2.24) is 15.0 Å². The Kier molecular flexibility index (Phi) is 12.8. The molecule has 1 aromatic heterocycles. The van der Waals surface area contributed by atoms with E-state index < -0.39 is 6.10 Å². The van der Waals surface area contributed by atoms with E-state index in [2.05, 4.69) is 125 Å². The first kappa shape index (κ1) is 35.9. The van der Waals surface area contributed by atoms with Gasteiger partial charge in [-0.1, -0.05) is 134 Å². The van der Waals surface area contributed by atoms with E-state index in [1.165, 1.54) is 62.3 Å². The molecule has 0 bridgehead atoms. The molecule has 45 heavy (non-hydrogen) atoms. The number of aliphatic hydroxyl groups is 1. The van der Waals surface area contributed by atoms with Crippen molar-refractivity contribution in [3.05, 3.63) is 124 Å². The van der Waals surface area contributed by atoms with E-state index in [0.29, 0.717) is 6.54 Å². The average Bonchev–Trinajstić information content (AvgIpc) is 3.40. The van der Waals surface area contributed by atoms with E-state index in [1.54, 1.807) is 6.92 Å².